The smallest absolute Gasteiger partial charge is 0.326 e. The maximum atomic E-state index is 12.7. The molecule has 1 atom stereocenters. The van der Waals surface area contributed by atoms with Crippen LogP contribution in [0.3, 0.4) is 0 Å². The van der Waals surface area contributed by atoms with Crippen molar-refractivity contribution in [3.63, 3.8) is 0 Å². The number of carboxylic acid groups (broad SMARTS) is 1. The van der Waals surface area contributed by atoms with Gasteiger partial charge in [-0.15, -0.1) is 0 Å². The summed E-state index contributed by atoms with van der Waals surface area (Å²) in [7, 11) is 0. The van der Waals surface area contributed by atoms with E-state index in [1.54, 1.807) is 13.8 Å². The molecule has 188 valence electrons. The van der Waals surface area contributed by atoms with Gasteiger partial charge in [0.2, 0.25) is 5.88 Å². The van der Waals surface area contributed by atoms with Gasteiger partial charge in [-0.25, -0.2) is 14.8 Å². The molecule has 0 radical (unpaired) electrons. The van der Waals surface area contributed by atoms with Crippen LogP contribution in [0, 0.1) is 19.8 Å². The Bertz CT molecular complexity index is 1080. The number of amides is 1. The number of aryl methyl sites for hydroxylation is 3. The molecule has 4 N–H and O–H groups in total. The number of nitrogens with zero attached hydrogens (tertiary/aromatic N) is 2. The maximum Gasteiger partial charge on any atom is 0.326 e. The molecular weight excluding hydrogens is 448 g/mol. The zero-order valence-corrected chi connectivity index (χ0v) is 20.3. The Morgan fingerprint density at radius 3 is 2.86 bits per heavy atom. The predicted molar refractivity (Wildman–Crippen MR) is 131 cm³/mol. The van der Waals surface area contributed by atoms with E-state index in [9.17, 15) is 19.8 Å². The number of rotatable bonds is 10. The Kier molecular flexibility index (Phi) is 7.85. The van der Waals surface area contributed by atoms with Crippen molar-refractivity contribution < 1.29 is 24.5 Å². The van der Waals surface area contributed by atoms with Crippen LogP contribution >= 0.6 is 0 Å². The fraction of sp³-hybridized carbons (Fsp3) is 0.538. The average molecular weight is 483 g/mol. The fourth-order valence-electron chi connectivity index (χ4n) is 4.82. The highest BCUT2D eigenvalue weighted by Gasteiger charge is 2.30. The lowest BCUT2D eigenvalue weighted by Gasteiger charge is -2.35. The maximum absolute atomic E-state index is 12.7. The number of carbonyl (C=O) groups is 2. The van der Waals surface area contributed by atoms with E-state index >= 15 is 0 Å². The monoisotopic (exact) mass is 482 g/mol. The fourth-order valence-corrected chi connectivity index (χ4v) is 4.82. The number of hydrogen-bond acceptors (Lipinski definition) is 7. The van der Waals surface area contributed by atoms with E-state index in [-0.39, 0.29) is 30.6 Å². The van der Waals surface area contributed by atoms with E-state index in [1.165, 1.54) is 11.8 Å². The van der Waals surface area contributed by atoms with E-state index in [0.29, 0.717) is 17.0 Å². The standard InChI is InChI=1S/C26H34N4O5/c1-15-14-28-24(31)16(2)22(15)25(32)30-21(26(33)34)9-11-35-20-12-17(13-20)5-7-19-8-6-18-4-3-10-27-23(18)29-19/h6,8,14,17,20-21H,3-5,7,9-13H2,1-2H3,(H,27,29)(H,28,31)(H,30,32)(H,33,34). The quantitative estimate of drug-likeness (QED) is 0.406. The van der Waals surface area contributed by atoms with Gasteiger partial charge in [-0.05, 0) is 75.5 Å². The third-order valence-electron chi connectivity index (χ3n) is 7.03. The average Bonchev–Trinajstić information content (AvgIpc) is 2.81. The van der Waals surface area contributed by atoms with Gasteiger partial charge in [0.25, 0.3) is 5.91 Å². The van der Waals surface area contributed by atoms with Crippen molar-refractivity contribution in [1.82, 2.24) is 15.3 Å². The molecule has 9 nitrogen and oxygen atoms in total. The highest BCUT2D eigenvalue weighted by molar-refractivity contribution is 5.99. The molecule has 2 aromatic rings. The minimum absolute atomic E-state index is 0.130. The number of aromatic hydroxyl groups is 1. The molecule has 0 aromatic carbocycles. The van der Waals surface area contributed by atoms with Crippen LogP contribution in [0.5, 0.6) is 5.88 Å². The summed E-state index contributed by atoms with van der Waals surface area (Å²) in [6.45, 7) is 4.52. The van der Waals surface area contributed by atoms with Crippen molar-refractivity contribution >= 4 is 17.7 Å². The van der Waals surface area contributed by atoms with Crippen molar-refractivity contribution in [2.24, 2.45) is 5.92 Å². The third-order valence-corrected chi connectivity index (χ3v) is 7.03. The van der Waals surface area contributed by atoms with Crippen molar-refractivity contribution in [2.45, 2.75) is 70.9 Å². The first-order chi connectivity index (χ1) is 16.8. The van der Waals surface area contributed by atoms with Crippen LogP contribution in [0.25, 0.3) is 0 Å². The molecule has 1 amide bonds. The number of nitrogens with one attached hydrogen (secondary N) is 2. The molecule has 3 heterocycles. The second-order valence-electron chi connectivity index (χ2n) is 9.63. The summed E-state index contributed by atoms with van der Waals surface area (Å²) < 4.78 is 5.88. The summed E-state index contributed by atoms with van der Waals surface area (Å²) in [6.07, 6.45) is 7.88. The molecule has 35 heavy (non-hydrogen) atoms. The second kappa shape index (κ2) is 11.0. The lowest BCUT2D eigenvalue weighted by molar-refractivity contribution is -0.140. The van der Waals surface area contributed by atoms with Gasteiger partial charge in [0.1, 0.15) is 11.9 Å². The van der Waals surface area contributed by atoms with Gasteiger partial charge in [-0.3, -0.25) is 4.79 Å². The van der Waals surface area contributed by atoms with Crippen molar-refractivity contribution in [3.05, 3.63) is 46.3 Å². The number of fused-ring (bicyclic) bond motifs is 1. The molecule has 1 aliphatic heterocycles. The Labute approximate surface area is 205 Å². The molecule has 4 rings (SSSR count). The number of carbonyl (C=O) groups excluding carboxylic acids is 1. The number of pyridine rings is 2. The van der Waals surface area contributed by atoms with Crippen LogP contribution in [0.2, 0.25) is 0 Å². The summed E-state index contributed by atoms with van der Waals surface area (Å²) in [5.74, 6) is -0.274. The van der Waals surface area contributed by atoms with Crippen molar-refractivity contribution in [2.75, 3.05) is 18.5 Å². The molecule has 1 unspecified atom stereocenters. The molecule has 0 bridgehead atoms. The third kappa shape index (κ3) is 6.08. The van der Waals surface area contributed by atoms with Gasteiger partial charge >= 0.3 is 5.97 Å². The van der Waals surface area contributed by atoms with Crippen LogP contribution in [-0.2, 0) is 22.4 Å². The van der Waals surface area contributed by atoms with E-state index in [1.807, 2.05) is 0 Å². The van der Waals surface area contributed by atoms with Gasteiger partial charge in [0.05, 0.1) is 11.7 Å². The summed E-state index contributed by atoms with van der Waals surface area (Å²) in [6, 6.07) is 3.25. The summed E-state index contributed by atoms with van der Waals surface area (Å²) in [4.78, 5) is 32.9. The number of aliphatic carboxylic acids is 1. The number of ether oxygens (including phenoxy) is 1. The molecule has 1 aliphatic carbocycles. The SMILES string of the molecule is Cc1cnc(O)c(C)c1C(=O)NC(CCOC1CC(CCc2ccc3c(n2)NCCC3)C1)C(=O)O. The van der Waals surface area contributed by atoms with Gasteiger partial charge in [-0.1, -0.05) is 6.07 Å². The van der Waals surface area contributed by atoms with Gasteiger partial charge < -0.3 is 25.6 Å². The van der Waals surface area contributed by atoms with Crippen LogP contribution in [0.1, 0.15) is 64.8 Å². The van der Waals surface area contributed by atoms with Gasteiger partial charge in [0, 0.05) is 37.0 Å². The van der Waals surface area contributed by atoms with Crippen molar-refractivity contribution in [1.29, 1.82) is 0 Å². The largest absolute Gasteiger partial charge is 0.493 e. The van der Waals surface area contributed by atoms with Gasteiger partial charge in [-0.2, -0.15) is 0 Å². The molecule has 9 heteroatoms. The minimum Gasteiger partial charge on any atom is -0.493 e. The molecule has 1 fully saturated rings. The second-order valence-corrected chi connectivity index (χ2v) is 9.63. The Balaban J connectivity index is 1.18. The molecule has 0 saturated heterocycles. The summed E-state index contributed by atoms with van der Waals surface area (Å²) in [5, 5.41) is 25.3. The van der Waals surface area contributed by atoms with Crippen LogP contribution in [0.4, 0.5) is 5.82 Å². The highest BCUT2D eigenvalue weighted by Crippen LogP contribution is 2.34. The zero-order chi connectivity index (χ0) is 24.9. The van der Waals surface area contributed by atoms with Crippen LogP contribution in [-0.4, -0.2) is 57.4 Å². The van der Waals surface area contributed by atoms with E-state index < -0.39 is 17.9 Å². The Hall–Kier alpha value is -3.20. The van der Waals surface area contributed by atoms with E-state index in [2.05, 4.69) is 27.8 Å². The zero-order valence-electron chi connectivity index (χ0n) is 20.3. The Morgan fingerprint density at radius 1 is 1.29 bits per heavy atom. The lowest BCUT2D eigenvalue weighted by atomic mass is 9.79. The summed E-state index contributed by atoms with van der Waals surface area (Å²) >= 11 is 0. The van der Waals surface area contributed by atoms with Gasteiger partial charge in [0.15, 0.2) is 0 Å². The first kappa shape index (κ1) is 24.9. The normalized spacial score (nSPS) is 19.7. The van der Waals surface area contributed by atoms with E-state index in [0.717, 1.165) is 56.6 Å². The van der Waals surface area contributed by atoms with E-state index in [4.69, 9.17) is 9.72 Å². The number of carboxylic acids is 1. The molecule has 1 saturated carbocycles. The molecular formula is C26H34N4O5. The Morgan fingerprint density at radius 2 is 2.09 bits per heavy atom. The highest BCUT2D eigenvalue weighted by atomic mass is 16.5. The lowest BCUT2D eigenvalue weighted by Crippen LogP contribution is -2.42. The summed E-state index contributed by atoms with van der Waals surface area (Å²) in [5.41, 5.74) is 3.56. The van der Waals surface area contributed by atoms with Crippen molar-refractivity contribution in [3.8, 4) is 5.88 Å². The predicted octanol–water partition coefficient (Wildman–Crippen LogP) is 3.16. The molecule has 2 aliphatic rings. The number of hydrogen-bond donors (Lipinski definition) is 4. The molecule has 2 aromatic heterocycles. The topological polar surface area (TPSA) is 134 Å². The van der Waals surface area contributed by atoms with Crippen LogP contribution in [0.15, 0.2) is 18.3 Å². The number of aromatic nitrogens is 2. The minimum atomic E-state index is -1.12. The number of anilines is 1. The molecule has 0 spiro atoms. The van der Waals surface area contributed by atoms with Crippen LogP contribution < -0.4 is 10.6 Å². The first-order valence-corrected chi connectivity index (χ1v) is 12.3. The first-order valence-electron chi connectivity index (χ1n) is 12.3.